The van der Waals surface area contributed by atoms with Crippen molar-refractivity contribution in [2.75, 3.05) is 6.54 Å². The fourth-order valence-corrected chi connectivity index (χ4v) is 2.61. The van der Waals surface area contributed by atoms with Gasteiger partial charge in [-0.3, -0.25) is 0 Å². The zero-order chi connectivity index (χ0) is 13.5. The summed E-state index contributed by atoms with van der Waals surface area (Å²) >= 11 is 0. The molecule has 1 atom stereocenters. The van der Waals surface area contributed by atoms with E-state index in [1.54, 1.807) is 0 Å². The van der Waals surface area contributed by atoms with Gasteiger partial charge in [0.15, 0.2) is 0 Å². The number of unbranched alkanes of at least 4 members (excludes halogenated alkanes) is 3. The number of nitrogens with one attached hydrogen (secondary N) is 1. The molecule has 19 heavy (non-hydrogen) atoms. The maximum Gasteiger partial charge on any atom is 0.0297 e. The van der Waals surface area contributed by atoms with Gasteiger partial charge in [-0.25, -0.2) is 0 Å². The Morgan fingerprint density at radius 3 is 2.58 bits per heavy atom. The fourth-order valence-electron chi connectivity index (χ4n) is 2.61. The number of hydrogen-bond acceptors (Lipinski definition) is 1. The Bertz CT molecular complexity index is 499. The SMILES string of the molecule is CCCCCCNC(C)c1cccc2ccccc12. The van der Waals surface area contributed by atoms with Crippen LogP contribution in [0.1, 0.15) is 51.1 Å². The summed E-state index contributed by atoms with van der Waals surface area (Å²) < 4.78 is 0. The molecule has 0 aliphatic carbocycles. The molecule has 0 aromatic heterocycles. The van der Waals surface area contributed by atoms with Crippen LogP contribution in [0.4, 0.5) is 0 Å². The molecule has 2 aromatic carbocycles. The lowest BCUT2D eigenvalue weighted by molar-refractivity contribution is 0.539. The highest BCUT2D eigenvalue weighted by Gasteiger charge is 2.07. The van der Waals surface area contributed by atoms with E-state index in [1.165, 1.54) is 42.0 Å². The molecule has 0 bridgehead atoms. The van der Waals surface area contributed by atoms with Crippen molar-refractivity contribution in [2.45, 2.75) is 45.6 Å². The molecular formula is C18H25N. The van der Waals surface area contributed by atoms with Gasteiger partial charge in [0.05, 0.1) is 0 Å². The fraction of sp³-hybridized carbons (Fsp3) is 0.444. The molecule has 0 radical (unpaired) electrons. The van der Waals surface area contributed by atoms with Crippen LogP contribution in [-0.4, -0.2) is 6.54 Å². The average Bonchev–Trinajstić information content (AvgIpc) is 2.46. The number of fused-ring (bicyclic) bond motifs is 1. The van der Waals surface area contributed by atoms with E-state index < -0.39 is 0 Å². The second-order valence-electron chi connectivity index (χ2n) is 5.30. The van der Waals surface area contributed by atoms with Gasteiger partial charge in [0.25, 0.3) is 0 Å². The molecule has 2 rings (SSSR count). The van der Waals surface area contributed by atoms with Crippen molar-refractivity contribution in [1.82, 2.24) is 5.32 Å². The standard InChI is InChI=1S/C18H25N/c1-3-4-5-8-14-19-15(2)17-13-9-11-16-10-6-7-12-18(16)17/h6-7,9-13,15,19H,3-5,8,14H2,1-2H3. The maximum absolute atomic E-state index is 3.65. The van der Waals surface area contributed by atoms with Gasteiger partial charge >= 0.3 is 0 Å². The lowest BCUT2D eigenvalue weighted by Gasteiger charge is -2.16. The molecule has 0 aliphatic rings. The minimum Gasteiger partial charge on any atom is -0.310 e. The summed E-state index contributed by atoms with van der Waals surface area (Å²) in [6.45, 7) is 5.64. The third-order valence-corrected chi connectivity index (χ3v) is 3.77. The Balaban J connectivity index is 1.99. The summed E-state index contributed by atoms with van der Waals surface area (Å²) in [5.41, 5.74) is 1.41. The van der Waals surface area contributed by atoms with E-state index in [0.717, 1.165) is 6.54 Å². The van der Waals surface area contributed by atoms with Crippen molar-refractivity contribution in [1.29, 1.82) is 0 Å². The molecule has 1 nitrogen and oxygen atoms in total. The highest BCUT2D eigenvalue weighted by atomic mass is 14.9. The molecule has 0 heterocycles. The van der Waals surface area contributed by atoms with Gasteiger partial charge in [-0.05, 0) is 36.2 Å². The van der Waals surface area contributed by atoms with E-state index in [9.17, 15) is 0 Å². The minimum atomic E-state index is 0.424. The summed E-state index contributed by atoms with van der Waals surface area (Å²) in [6, 6.07) is 15.7. The van der Waals surface area contributed by atoms with Gasteiger partial charge in [0, 0.05) is 6.04 Å². The first-order valence-electron chi connectivity index (χ1n) is 7.54. The van der Waals surface area contributed by atoms with Gasteiger partial charge in [0.1, 0.15) is 0 Å². The lowest BCUT2D eigenvalue weighted by atomic mass is 9.99. The second-order valence-corrected chi connectivity index (χ2v) is 5.30. The summed E-state index contributed by atoms with van der Waals surface area (Å²) in [7, 11) is 0. The summed E-state index contributed by atoms with van der Waals surface area (Å²) in [6.07, 6.45) is 5.28. The first-order valence-corrected chi connectivity index (χ1v) is 7.54. The third kappa shape index (κ3) is 3.81. The van der Waals surface area contributed by atoms with Gasteiger partial charge < -0.3 is 5.32 Å². The van der Waals surface area contributed by atoms with Gasteiger partial charge in [0.2, 0.25) is 0 Å². The highest BCUT2D eigenvalue weighted by molar-refractivity contribution is 5.86. The van der Waals surface area contributed by atoms with Crippen molar-refractivity contribution in [3.63, 3.8) is 0 Å². The molecule has 1 unspecified atom stereocenters. The van der Waals surface area contributed by atoms with Crippen LogP contribution >= 0.6 is 0 Å². The van der Waals surface area contributed by atoms with Crippen molar-refractivity contribution in [2.24, 2.45) is 0 Å². The minimum absolute atomic E-state index is 0.424. The van der Waals surface area contributed by atoms with Crippen molar-refractivity contribution >= 4 is 10.8 Å². The van der Waals surface area contributed by atoms with Gasteiger partial charge in [-0.1, -0.05) is 68.7 Å². The topological polar surface area (TPSA) is 12.0 Å². The number of hydrogen-bond donors (Lipinski definition) is 1. The number of benzene rings is 2. The third-order valence-electron chi connectivity index (χ3n) is 3.77. The average molecular weight is 255 g/mol. The van der Waals surface area contributed by atoms with E-state index in [-0.39, 0.29) is 0 Å². The molecule has 0 saturated carbocycles. The smallest absolute Gasteiger partial charge is 0.0297 e. The van der Waals surface area contributed by atoms with Crippen LogP contribution in [-0.2, 0) is 0 Å². The van der Waals surface area contributed by atoms with Crippen molar-refractivity contribution < 1.29 is 0 Å². The van der Waals surface area contributed by atoms with E-state index in [0.29, 0.717) is 6.04 Å². The van der Waals surface area contributed by atoms with E-state index >= 15 is 0 Å². The molecule has 1 N–H and O–H groups in total. The summed E-state index contributed by atoms with van der Waals surface area (Å²) in [5.74, 6) is 0. The van der Waals surface area contributed by atoms with Gasteiger partial charge in [-0.2, -0.15) is 0 Å². The Kier molecular flexibility index (Phi) is 5.41. The molecule has 0 aliphatic heterocycles. The second kappa shape index (κ2) is 7.30. The van der Waals surface area contributed by atoms with Crippen LogP contribution < -0.4 is 5.32 Å². The van der Waals surface area contributed by atoms with E-state index in [4.69, 9.17) is 0 Å². The normalized spacial score (nSPS) is 12.7. The molecule has 2 aromatic rings. The van der Waals surface area contributed by atoms with Crippen molar-refractivity contribution in [3.8, 4) is 0 Å². The first kappa shape index (κ1) is 14.1. The van der Waals surface area contributed by atoms with Crippen molar-refractivity contribution in [3.05, 3.63) is 48.0 Å². The van der Waals surface area contributed by atoms with Crippen LogP contribution in [0.15, 0.2) is 42.5 Å². The number of rotatable bonds is 7. The molecular weight excluding hydrogens is 230 g/mol. The predicted molar refractivity (Wildman–Crippen MR) is 84.5 cm³/mol. The Hall–Kier alpha value is -1.34. The molecule has 0 saturated heterocycles. The zero-order valence-corrected chi connectivity index (χ0v) is 12.2. The lowest BCUT2D eigenvalue weighted by Crippen LogP contribution is -2.20. The van der Waals surface area contributed by atoms with E-state index in [1.807, 2.05) is 0 Å². The van der Waals surface area contributed by atoms with Crippen LogP contribution in [0.3, 0.4) is 0 Å². The molecule has 0 amide bonds. The monoisotopic (exact) mass is 255 g/mol. The summed E-state index contributed by atoms with van der Waals surface area (Å²) in [4.78, 5) is 0. The van der Waals surface area contributed by atoms with Crippen LogP contribution in [0.2, 0.25) is 0 Å². The van der Waals surface area contributed by atoms with Gasteiger partial charge in [-0.15, -0.1) is 0 Å². The Labute approximate surface area is 117 Å². The van der Waals surface area contributed by atoms with Crippen LogP contribution in [0.25, 0.3) is 10.8 Å². The molecule has 0 fully saturated rings. The zero-order valence-electron chi connectivity index (χ0n) is 12.2. The van der Waals surface area contributed by atoms with Crippen LogP contribution in [0, 0.1) is 0 Å². The highest BCUT2D eigenvalue weighted by Crippen LogP contribution is 2.23. The summed E-state index contributed by atoms with van der Waals surface area (Å²) in [5, 5.41) is 6.36. The molecule has 1 heteroatoms. The largest absolute Gasteiger partial charge is 0.310 e. The quantitative estimate of drug-likeness (QED) is 0.681. The Morgan fingerprint density at radius 1 is 0.947 bits per heavy atom. The van der Waals surface area contributed by atoms with E-state index in [2.05, 4.69) is 61.6 Å². The van der Waals surface area contributed by atoms with Crippen LogP contribution in [0.5, 0.6) is 0 Å². The predicted octanol–water partition coefficient (Wildman–Crippen LogP) is 5.07. The molecule has 102 valence electrons. The Morgan fingerprint density at radius 2 is 1.74 bits per heavy atom. The molecule has 0 spiro atoms. The maximum atomic E-state index is 3.65. The first-order chi connectivity index (χ1) is 9.33.